The van der Waals surface area contributed by atoms with Crippen LogP contribution in [0, 0.1) is 29.8 Å². The molecule has 8 aromatic rings. The second kappa shape index (κ2) is 14.2. The molecule has 0 radical (unpaired) electrons. The summed E-state index contributed by atoms with van der Waals surface area (Å²) in [7, 11) is 0. The number of pyridine rings is 1. The molecule has 0 aliphatic heterocycles. The fourth-order valence-electron chi connectivity index (χ4n) is 7.08. The van der Waals surface area contributed by atoms with Gasteiger partial charge in [0.1, 0.15) is 5.82 Å². The quantitative estimate of drug-likeness (QED) is 0.128. The summed E-state index contributed by atoms with van der Waals surface area (Å²) in [6.07, 6.45) is 5.52. The molecule has 0 N–H and O–H groups in total. The zero-order chi connectivity index (χ0) is 38.9. The van der Waals surface area contributed by atoms with Gasteiger partial charge in [0.2, 0.25) is 0 Å². The minimum absolute atomic E-state index is 0. The van der Waals surface area contributed by atoms with E-state index in [0.717, 1.165) is 50.0 Å². The molecule has 0 saturated carbocycles. The Morgan fingerprint density at radius 2 is 1.36 bits per heavy atom. The maximum Gasteiger partial charge on any atom is 0.268 e. The molecule has 0 fully saturated rings. The monoisotopic (exact) mass is 914 g/mol. The van der Waals surface area contributed by atoms with Crippen molar-refractivity contribution in [1.29, 1.82) is 5.26 Å². The van der Waals surface area contributed by atoms with Crippen LogP contribution in [0.4, 0.5) is 0 Å². The molecule has 0 saturated heterocycles. The van der Waals surface area contributed by atoms with E-state index in [0.29, 0.717) is 17.1 Å². The van der Waals surface area contributed by atoms with Crippen molar-refractivity contribution >= 4 is 32.8 Å². The molecule has 8 rings (SSSR count). The van der Waals surface area contributed by atoms with Crippen LogP contribution >= 0.6 is 0 Å². The van der Waals surface area contributed by atoms with Crippen LogP contribution in [0.15, 0.2) is 109 Å². The van der Waals surface area contributed by atoms with E-state index in [9.17, 15) is 5.26 Å². The number of fused-ring (bicyclic) bond motifs is 4. The van der Waals surface area contributed by atoms with Crippen molar-refractivity contribution < 1.29 is 30.4 Å². The molecule has 7 heteroatoms. The van der Waals surface area contributed by atoms with Gasteiger partial charge in [-0.1, -0.05) is 98.2 Å². The number of imidazole rings is 1. The molecule has 56 heavy (non-hydrogen) atoms. The predicted octanol–water partition coefficient (Wildman–Crippen LogP) is 11.4. The van der Waals surface area contributed by atoms with Crippen molar-refractivity contribution in [2.75, 3.05) is 0 Å². The van der Waals surface area contributed by atoms with Crippen LogP contribution in [0.2, 0.25) is 0 Å². The molecule has 6 nitrogen and oxygen atoms in total. The van der Waals surface area contributed by atoms with Gasteiger partial charge in [-0.15, -0.1) is 29.7 Å². The van der Waals surface area contributed by atoms with Crippen molar-refractivity contribution in [2.45, 2.75) is 78.6 Å². The van der Waals surface area contributed by atoms with Crippen LogP contribution in [0.25, 0.3) is 50.0 Å². The van der Waals surface area contributed by atoms with Gasteiger partial charge in [-0.05, 0) is 86.5 Å². The summed E-state index contributed by atoms with van der Waals surface area (Å²) < 4.78 is 12.8. The maximum atomic E-state index is 9.72. The first-order valence-corrected chi connectivity index (χ1v) is 18.8. The fourth-order valence-corrected chi connectivity index (χ4v) is 7.08. The van der Waals surface area contributed by atoms with Crippen molar-refractivity contribution in [2.24, 2.45) is 0 Å². The third-order valence-corrected chi connectivity index (χ3v) is 10.3. The largest absolute Gasteiger partial charge is 0.510 e. The molecule has 0 bridgehead atoms. The van der Waals surface area contributed by atoms with Gasteiger partial charge in [-0.3, -0.25) is 4.57 Å². The van der Waals surface area contributed by atoms with Crippen LogP contribution in [0.3, 0.4) is 0 Å². The second-order valence-electron chi connectivity index (χ2n) is 17.4. The molecule has 284 valence electrons. The summed E-state index contributed by atoms with van der Waals surface area (Å²) in [5.74, 6) is 1.88. The van der Waals surface area contributed by atoms with Crippen LogP contribution in [0.5, 0.6) is 11.5 Å². The van der Waals surface area contributed by atoms with Crippen LogP contribution in [-0.4, -0.2) is 14.1 Å². The summed E-state index contributed by atoms with van der Waals surface area (Å²) in [6.45, 7) is 20.2. The number of nitriles is 1. The number of hydrogen-bond acceptors (Lipinski definition) is 3. The van der Waals surface area contributed by atoms with Crippen molar-refractivity contribution in [1.82, 2.24) is 14.1 Å². The molecular formula is C49H45N5OPt-2. The van der Waals surface area contributed by atoms with E-state index in [1.54, 1.807) is 0 Å². The third kappa shape index (κ3) is 7.17. The van der Waals surface area contributed by atoms with Gasteiger partial charge in [0, 0.05) is 44.3 Å². The molecule has 5 aromatic carbocycles. The van der Waals surface area contributed by atoms with Crippen molar-refractivity contribution in [3.63, 3.8) is 0 Å². The Morgan fingerprint density at radius 3 is 2.05 bits per heavy atom. The maximum absolute atomic E-state index is 9.72. The average Bonchev–Trinajstić information content (AvgIpc) is 3.69. The van der Waals surface area contributed by atoms with Gasteiger partial charge in [0.05, 0.1) is 28.4 Å². The number of hydrogen-bond donors (Lipinski definition) is 0. The first-order chi connectivity index (χ1) is 26.1. The van der Waals surface area contributed by atoms with E-state index in [4.69, 9.17) is 9.72 Å². The molecule has 3 aromatic heterocycles. The Bertz CT molecular complexity index is 2780. The van der Waals surface area contributed by atoms with E-state index < -0.39 is 0 Å². The van der Waals surface area contributed by atoms with Gasteiger partial charge in [0.25, 0.3) is 6.33 Å². The topological polar surface area (TPSA) is 59.6 Å². The summed E-state index contributed by atoms with van der Waals surface area (Å²) in [5.41, 5.74) is 9.93. The number of rotatable bonds is 5. The molecule has 0 unspecified atom stereocenters. The smallest absolute Gasteiger partial charge is 0.268 e. The van der Waals surface area contributed by atoms with Crippen molar-refractivity contribution in [3.8, 4) is 34.8 Å². The zero-order valence-electron chi connectivity index (χ0n) is 33.4. The summed E-state index contributed by atoms with van der Waals surface area (Å²) in [5, 5.41) is 11.6. The Labute approximate surface area is 344 Å². The minimum atomic E-state index is -0.0587. The Hall–Kier alpha value is -5.50. The first-order valence-electron chi connectivity index (χ1n) is 18.8. The van der Waals surface area contributed by atoms with Gasteiger partial charge >= 0.3 is 0 Å². The van der Waals surface area contributed by atoms with E-state index in [2.05, 4.69) is 151 Å². The number of para-hydroxylation sites is 2. The van der Waals surface area contributed by atoms with E-state index in [-0.39, 0.29) is 37.3 Å². The normalized spacial score (nSPS) is 12.2. The molecular weight excluding hydrogens is 870 g/mol. The van der Waals surface area contributed by atoms with Gasteiger partial charge in [-0.25, -0.2) is 4.98 Å². The number of ether oxygens (including phenoxy) is 1. The number of aromatic nitrogens is 4. The van der Waals surface area contributed by atoms with Gasteiger partial charge < -0.3 is 13.9 Å². The third-order valence-electron chi connectivity index (χ3n) is 10.3. The van der Waals surface area contributed by atoms with Crippen LogP contribution < -0.4 is 9.30 Å². The van der Waals surface area contributed by atoms with E-state index in [1.807, 2.05) is 59.3 Å². The van der Waals surface area contributed by atoms with E-state index >= 15 is 0 Å². The number of benzene rings is 5. The SMILES string of the molecule is CC(C)(C)c1cc(-[n+]2[c-]n(-c3[c-]c(Oc4[c-]c5c(cc4)c4cc(C#N)ccc4n5-c4cc(C(C)(C)C)ccn4)ccc3)c3ccccc32)cc(C(C)(C)C)c1.[Pt]. The van der Waals surface area contributed by atoms with Gasteiger partial charge in [-0.2, -0.15) is 23.5 Å². The molecule has 3 heterocycles. The zero-order valence-corrected chi connectivity index (χ0v) is 35.6. The minimum Gasteiger partial charge on any atom is -0.510 e. The Kier molecular flexibility index (Phi) is 9.84. The molecule has 0 amide bonds. The summed E-state index contributed by atoms with van der Waals surface area (Å²) >= 11 is 0. The van der Waals surface area contributed by atoms with Crippen LogP contribution in [-0.2, 0) is 37.3 Å². The van der Waals surface area contributed by atoms with Crippen LogP contribution in [0.1, 0.15) is 84.6 Å². The predicted molar refractivity (Wildman–Crippen MR) is 221 cm³/mol. The molecule has 0 atom stereocenters. The van der Waals surface area contributed by atoms with Crippen molar-refractivity contribution in [3.05, 3.63) is 150 Å². The summed E-state index contributed by atoms with van der Waals surface area (Å²) in [4.78, 5) is 4.80. The van der Waals surface area contributed by atoms with Gasteiger partial charge in [0.15, 0.2) is 0 Å². The van der Waals surface area contributed by atoms with E-state index in [1.165, 1.54) is 16.7 Å². The fraction of sp³-hybridized carbons (Fsp3) is 0.245. The molecule has 0 aliphatic carbocycles. The summed E-state index contributed by atoms with van der Waals surface area (Å²) in [6, 6.07) is 44.5. The average molecular weight is 915 g/mol. The second-order valence-corrected chi connectivity index (χ2v) is 17.4. The Balaban J connectivity index is 0.00000480. The standard InChI is InChI=1S/C49H45N5O.Pt/c1-47(2,3)33-21-22-51-46(27-33)54-42-20-17-32(30-50)23-41(42)40-19-18-39(29-45(40)54)55-38-14-12-13-36(28-38)52-31-53(44-16-11-10-15-43(44)52)37-25-34(48(4,5)6)24-35(26-37)49(7,8)9;/h10-27H,1-9H3;/q-2;. The number of nitrogens with zero attached hydrogens (tertiary/aromatic N) is 5. The Morgan fingerprint density at radius 1 is 0.661 bits per heavy atom. The first kappa shape index (κ1) is 38.8. The molecule has 0 spiro atoms. The molecule has 0 aliphatic rings.